The molecule has 0 aliphatic carbocycles. The third-order valence-corrected chi connectivity index (χ3v) is 6.07. The van der Waals surface area contributed by atoms with Gasteiger partial charge < -0.3 is 9.42 Å². The van der Waals surface area contributed by atoms with Crippen LogP contribution in [-0.2, 0) is 6.18 Å². The van der Waals surface area contributed by atoms with Gasteiger partial charge in [-0.05, 0) is 39.0 Å². The minimum Gasteiger partial charge on any atom is -0.360 e. The molecule has 1 fully saturated rings. The molecule has 10 heteroatoms. The number of piperazine rings is 1. The van der Waals surface area contributed by atoms with Gasteiger partial charge in [0.15, 0.2) is 11.6 Å². The molecule has 0 atom stereocenters. The Morgan fingerprint density at radius 2 is 1.68 bits per heavy atom. The number of rotatable bonds is 5. The first-order valence-electron chi connectivity index (χ1n) is 10.9. The van der Waals surface area contributed by atoms with Crippen LogP contribution in [0.1, 0.15) is 43.4 Å². The lowest BCUT2D eigenvalue weighted by Gasteiger charge is -2.34. The minimum absolute atomic E-state index is 0.0678. The van der Waals surface area contributed by atoms with E-state index in [-0.39, 0.29) is 31.0 Å². The molecule has 2 aromatic heterocycles. The summed E-state index contributed by atoms with van der Waals surface area (Å²) in [7, 11) is 0. The number of carbonyl (C=O) groups excluding carboxylic acids is 2. The first-order chi connectivity index (χ1) is 16.1. The van der Waals surface area contributed by atoms with E-state index in [1.807, 2.05) is 29.4 Å². The molecular weight excluding hydrogens is 449 g/mol. The molecule has 1 amide bonds. The fourth-order valence-electron chi connectivity index (χ4n) is 4.34. The number of Topliss-reactive ketones (excluding diaryl/α,β-unsaturated/α-hetero) is 1. The van der Waals surface area contributed by atoms with E-state index in [0.29, 0.717) is 30.2 Å². The molecule has 180 valence electrons. The van der Waals surface area contributed by atoms with E-state index in [1.54, 1.807) is 13.0 Å². The van der Waals surface area contributed by atoms with Gasteiger partial charge in [-0.3, -0.25) is 19.1 Å². The second kappa shape index (κ2) is 9.09. The zero-order chi connectivity index (χ0) is 24.6. The monoisotopic (exact) mass is 474 g/mol. The van der Waals surface area contributed by atoms with Crippen molar-refractivity contribution in [2.45, 2.75) is 26.9 Å². The summed E-state index contributed by atoms with van der Waals surface area (Å²) in [5.74, 6) is 0.561. The van der Waals surface area contributed by atoms with Crippen LogP contribution in [0.3, 0.4) is 0 Å². The lowest BCUT2D eigenvalue weighted by molar-refractivity contribution is -0.138. The van der Waals surface area contributed by atoms with Crippen LogP contribution in [0, 0.1) is 20.8 Å². The molecule has 0 N–H and O–H groups in total. The van der Waals surface area contributed by atoms with Crippen molar-refractivity contribution in [1.29, 1.82) is 0 Å². The molecule has 3 aromatic rings. The van der Waals surface area contributed by atoms with Gasteiger partial charge >= 0.3 is 6.18 Å². The zero-order valence-electron chi connectivity index (χ0n) is 19.1. The van der Waals surface area contributed by atoms with E-state index in [0.717, 1.165) is 17.5 Å². The number of carbonyl (C=O) groups is 2. The molecule has 0 saturated carbocycles. The predicted molar refractivity (Wildman–Crippen MR) is 118 cm³/mol. The highest BCUT2D eigenvalue weighted by Gasteiger charge is 2.36. The largest absolute Gasteiger partial charge is 0.417 e. The molecular formula is C24H25F3N4O3. The molecule has 1 saturated heterocycles. The van der Waals surface area contributed by atoms with Crippen LogP contribution in [0.15, 0.2) is 40.9 Å². The Balaban J connectivity index is 1.41. The molecule has 0 bridgehead atoms. The Morgan fingerprint density at radius 3 is 2.29 bits per heavy atom. The Kier molecular flexibility index (Phi) is 6.35. The molecule has 7 nitrogen and oxygen atoms in total. The maximum Gasteiger partial charge on any atom is 0.417 e. The van der Waals surface area contributed by atoms with Gasteiger partial charge in [0.1, 0.15) is 5.76 Å². The van der Waals surface area contributed by atoms with Crippen LogP contribution in [0.2, 0.25) is 0 Å². The second-order valence-corrected chi connectivity index (χ2v) is 8.45. The van der Waals surface area contributed by atoms with Crippen LogP contribution in [0.5, 0.6) is 0 Å². The number of alkyl halides is 3. The number of aryl methyl sites for hydroxylation is 2. The van der Waals surface area contributed by atoms with E-state index >= 15 is 0 Å². The van der Waals surface area contributed by atoms with Crippen LogP contribution in [0.25, 0.3) is 5.82 Å². The lowest BCUT2D eigenvalue weighted by Crippen LogP contribution is -2.50. The van der Waals surface area contributed by atoms with Gasteiger partial charge in [-0.2, -0.15) is 13.2 Å². The van der Waals surface area contributed by atoms with Crippen molar-refractivity contribution in [3.05, 3.63) is 70.2 Å². The first kappa shape index (κ1) is 23.7. The third kappa shape index (κ3) is 4.63. The normalized spacial score (nSPS) is 15.1. The summed E-state index contributed by atoms with van der Waals surface area (Å²) in [6.45, 7) is 6.97. The SMILES string of the molecule is Cc1cc(-n2c(C)cc(C(=O)CN3CCN(C(=O)c4ccccc4C(F)(F)F)CC3)c2C)no1. The van der Waals surface area contributed by atoms with Gasteiger partial charge in [-0.1, -0.05) is 17.3 Å². The fraction of sp³-hybridized carbons (Fsp3) is 0.375. The molecule has 0 spiro atoms. The van der Waals surface area contributed by atoms with E-state index < -0.39 is 17.6 Å². The summed E-state index contributed by atoms with van der Waals surface area (Å²) >= 11 is 0. The average molecular weight is 474 g/mol. The molecule has 1 aromatic carbocycles. The molecule has 0 radical (unpaired) electrons. The van der Waals surface area contributed by atoms with Gasteiger partial charge in [-0.25, -0.2) is 0 Å². The molecule has 34 heavy (non-hydrogen) atoms. The molecule has 3 heterocycles. The number of benzene rings is 1. The van der Waals surface area contributed by atoms with Gasteiger partial charge in [0.25, 0.3) is 5.91 Å². The highest BCUT2D eigenvalue weighted by atomic mass is 19.4. The number of nitrogens with zero attached hydrogens (tertiary/aromatic N) is 4. The summed E-state index contributed by atoms with van der Waals surface area (Å²) in [5, 5.41) is 4.03. The first-order valence-corrected chi connectivity index (χ1v) is 10.9. The second-order valence-electron chi connectivity index (χ2n) is 8.45. The Morgan fingerprint density at radius 1 is 1.00 bits per heavy atom. The van der Waals surface area contributed by atoms with Gasteiger partial charge in [0.2, 0.25) is 0 Å². The summed E-state index contributed by atoms with van der Waals surface area (Å²) in [6.07, 6.45) is -4.60. The van der Waals surface area contributed by atoms with Crippen LogP contribution >= 0.6 is 0 Å². The maximum absolute atomic E-state index is 13.3. The number of hydrogen-bond acceptors (Lipinski definition) is 5. The van der Waals surface area contributed by atoms with Crippen LogP contribution in [-0.4, -0.2) is 63.9 Å². The Labute approximate surface area is 194 Å². The summed E-state index contributed by atoms with van der Waals surface area (Å²) < 4.78 is 46.9. The number of amides is 1. The molecule has 4 rings (SSSR count). The lowest BCUT2D eigenvalue weighted by atomic mass is 10.1. The number of ketones is 1. The van der Waals surface area contributed by atoms with E-state index in [2.05, 4.69) is 5.16 Å². The smallest absolute Gasteiger partial charge is 0.360 e. The summed E-state index contributed by atoms with van der Waals surface area (Å²) in [6, 6.07) is 8.42. The van der Waals surface area contributed by atoms with Crippen LogP contribution < -0.4 is 0 Å². The number of hydrogen-bond donors (Lipinski definition) is 0. The van der Waals surface area contributed by atoms with Crippen LogP contribution in [0.4, 0.5) is 13.2 Å². The fourth-order valence-corrected chi connectivity index (χ4v) is 4.34. The van der Waals surface area contributed by atoms with Gasteiger partial charge in [0, 0.05) is 49.2 Å². The highest BCUT2D eigenvalue weighted by molar-refractivity contribution is 5.99. The van der Waals surface area contributed by atoms with Crippen molar-refractivity contribution in [2.75, 3.05) is 32.7 Å². The molecule has 0 unspecified atom stereocenters. The number of halogens is 3. The topological polar surface area (TPSA) is 71.6 Å². The van der Waals surface area contributed by atoms with Crippen molar-refractivity contribution in [3.63, 3.8) is 0 Å². The predicted octanol–water partition coefficient (Wildman–Crippen LogP) is 4.05. The maximum atomic E-state index is 13.3. The summed E-state index contributed by atoms with van der Waals surface area (Å²) in [4.78, 5) is 29.1. The van der Waals surface area contributed by atoms with Crippen molar-refractivity contribution < 1.29 is 27.3 Å². The quantitative estimate of drug-likeness (QED) is 0.522. The Hall–Kier alpha value is -3.40. The standard InChI is InChI=1S/C24H25F3N4O3/c1-15-12-19(17(3)31(15)22-13-16(2)34-28-22)21(32)14-29-8-10-30(11-9-29)23(33)18-6-4-5-7-20(18)24(25,26)27/h4-7,12-13H,8-11,14H2,1-3H3. The van der Waals surface area contributed by atoms with Gasteiger partial charge in [0.05, 0.1) is 17.7 Å². The van der Waals surface area contributed by atoms with E-state index in [4.69, 9.17) is 4.52 Å². The highest BCUT2D eigenvalue weighted by Crippen LogP contribution is 2.32. The van der Waals surface area contributed by atoms with Crippen molar-refractivity contribution in [3.8, 4) is 5.82 Å². The molecule has 1 aliphatic heterocycles. The summed E-state index contributed by atoms with van der Waals surface area (Å²) in [5.41, 5.74) is 0.905. The van der Waals surface area contributed by atoms with E-state index in [1.165, 1.54) is 23.1 Å². The minimum atomic E-state index is -4.60. The third-order valence-electron chi connectivity index (χ3n) is 6.07. The average Bonchev–Trinajstić information content (AvgIpc) is 3.35. The van der Waals surface area contributed by atoms with Crippen molar-refractivity contribution >= 4 is 11.7 Å². The Bertz CT molecular complexity index is 1220. The van der Waals surface area contributed by atoms with E-state index in [9.17, 15) is 22.8 Å². The zero-order valence-corrected chi connectivity index (χ0v) is 19.1. The van der Waals surface area contributed by atoms with Crippen molar-refractivity contribution in [2.24, 2.45) is 0 Å². The molecule has 1 aliphatic rings. The van der Waals surface area contributed by atoms with Gasteiger partial charge in [-0.15, -0.1) is 0 Å². The number of aromatic nitrogens is 2. The van der Waals surface area contributed by atoms with Crippen molar-refractivity contribution in [1.82, 2.24) is 19.5 Å².